The van der Waals surface area contributed by atoms with Crippen LogP contribution >= 0.6 is 0 Å². The van der Waals surface area contributed by atoms with E-state index in [1.54, 1.807) is 43.6 Å². The van der Waals surface area contributed by atoms with E-state index in [9.17, 15) is 13.2 Å². The van der Waals surface area contributed by atoms with Crippen molar-refractivity contribution in [2.24, 2.45) is 0 Å². The zero-order valence-electron chi connectivity index (χ0n) is 16.6. The minimum atomic E-state index is -3.84. The fourth-order valence-corrected chi connectivity index (χ4v) is 4.35. The van der Waals surface area contributed by atoms with Gasteiger partial charge in [-0.1, -0.05) is 29.8 Å². The number of carbonyl (C=O) groups is 1. The molecule has 7 heteroatoms. The van der Waals surface area contributed by atoms with Crippen molar-refractivity contribution >= 4 is 21.6 Å². The van der Waals surface area contributed by atoms with Crippen molar-refractivity contribution in [1.29, 1.82) is 0 Å². The quantitative estimate of drug-likeness (QED) is 0.649. The van der Waals surface area contributed by atoms with Crippen LogP contribution in [0.15, 0.2) is 65.8 Å². The van der Waals surface area contributed by atoms with Crippen LogP contribution in [0.1, 0.15) is 32.6 Å². The van der Waals surface area contributed by atoms with Crippen molar-refractivity contribution < 1.29 is 13.2 Å². The third kappa shape index (κ3) is 5.00. The second-order valence-corrected chi connectivity index (χ2v) is 8.60. The summed E-state index contributed by atoms with van der Waals surface area (Å²) in [6, 6.07) is 13.8. The van der Waals surface area contributed by atoms with Crippen molar-refractivity contribution in [3.63, 3.8) is 0 Å². The largest absolute Gasteiger partial charge is 0.348 e. The maximum Gasteiger partial charge on any atom is 0.262 e. The van der Waals surface area contributed by atoms with Crippen LogP contribution in [-0.2, 0) is 16.6 Å². The van der Waals surface area contributed by atoms with Crippen molar-refractivity contribution in [1.82, 2.24) is 10.3 Å². The molecule has 0 saturated heterocycles. The summed E-state index contributed by atoms with van der Waals surface area (Å²) in [5.41, 5.74) is 4.09. The van der Waals surface area contributed by atoms with Crippen LogP contribution in [0, 0.1) is 20.8 Å². The van der Waals surface area contributed by atoms with Crippen molar-refractivity contribution in [2.45, 2.75) is 32.2 Å². The third-order valence-electron chi connectivity index (χ3n) is 4.54. The van der Waals surface area contributed by atoms with Crippen molar-refractivity contribution in [3.05, 3.63) is 88.7 Å². The van der Waals surface area contributed by atoms with Gasteiger partial charge in [-0.2, -0.15) is 0 Å². The molecule has 6 nitrogen and oxygen atoms in total. The molecule has 2 N–H and O–H groups in total. The smallest absolute Gasteiger partial charge is 0.262 e. The number of anilines is 1. The lowest BCUT2D eigenvalue weighted by Crippen LogP contribution is -2.23. The summed E-state index contributed by atoms with van der Waals surface area (Å²) < 4.78 is 28.6. The topological polar surface area (TPSA) is 88.2 Å². The van der Waals surface area contributed by atoms with E-state index in [-0.39, 0.29) is 16.4 Å². The van der Waals surface area contributed by atoms with E-state index in [1.807, 2.05) is 32.0 Å². The Morgan fingerprint density at radius 3 is 2.48 bits per heavy atom. The molecule has 1 amide bonds. The Balaban J connectivity index is 1.83. The SMILES string of the molecule is Cc1ccc(NS(=O)(=O)c2cc(C(=O)NCc3cccnc3)ccc2C)c(C)c1. The molecular formula is C22H23N3O3S. The molecule has 0 radical (unpaired) electrons. The van der Waals surface area contributed by atoms with Crippen LogP contribution in [0.5, 0.6) is 0 Å². The molecule has 0 aliphatic carbocycles. The molecule has 1 heterocycles. The zero-order chi connectivity index (χ0) is 21.0. The molecule has 0 aliphatic rings. The Kier molecular flexibility index (Phi) is 5.98. The summed E-state index contributed by atoms with van der Waals surface area (Å²) in [6.07, 6.45) is 3.32. The highest BCUT2D eigenvalue weighted by Gasteiger charge is 2.20. The maximum atomic E-state index is 13.0. The Bertz CT molecular complexity index is 1140. The summed E-state index contributed by atoms with van der Waals surface area (Å²) in [5.74, 6) is -0.350. The van der Waals surface area contributed by atoms with E-state index in [2.05, 4.69) is 15.0 Å². The zero-order valence-corrected chi connectivity index (χ0v) is 17.4. The first-order chi connectivity index (χ1) is 13.8. The van der Waals surface area contributed by atoms with E-state index in [1.165, 1.54) is 6.07 Å². The van der Waals surface area contributed by atoms with E-state index >= 15 is 0 Å². The van der Waals surface area contributed by atoms with Gasteiger partial charge in [-0.05, 0) is 61.7 Å². The molecule has 0 spiro atoms. The second kappa shape index (κ2) is 8.45. The fourth-order valence-electron chi connectivity index (χ4n) is 2.95. The Hall–Kier alpha value is -3.19. The number of nitrogens with zero attached hydrogens (tertiary/aromatic N) is 1. The number of amides is 1. The molecular weight excluding hydrogens is 386 g/mol. The fraction of sp³-hybridized carbons (Fsp3) is 0.182. The molecule has 0 atom stereocenters. The number of sulfonamides is 1. The van der Waals surface area contributed by atoms with Gasteiger partial charge in [0.2, 0.25) is 0 Å². The summed E-state index contributed by atoms with van der Waals surface area (Å²) in [5, 5.41) is 2.78. The molecule has 3 rings (SSSR count). The van der Waals surface area contributed by atoms with Gasteiger partial charge >= 0.3 is 0 Å². The summed E-state index contributed by atoms with van der Waals surface area (Å²) in [4.78, 5) is 16.6. The van der Waals surface area contributed by atoms with Gasteiger partial charge in [0, 0.05) is 24.5 Å². The highest BCUT2D eigenvalue weighted by Crippen LogP contribution is 2.23. The number of aromatic nitrogens is 1. The van der Waals surface area contributed by atoms with Crippen molar-refractivity contribution in [3.8, 4) is 0 Å². The lowest BCUT2D eigenvalue weighted by molar-refractivity contribution is 0.0950. The number of hydrogen-bond donors (Lipinski definition) is 2. The third-order valence-corrected chi connectivity index (χ3v) is 6.05. The molecule has 1 aromatic heterocycles. The first-order valence-electron chi connectivity index (χ1n) is 9.14. The monoisotopic (exact) mass is 409 g/mol. The lowest BCUT2D eigenvalue weighted by Gasteiger charge is -2.14. The maximum absolute atomic E-state index is 13.0. The molecule has 0 bridgehead atoms. The molecule has 0 unspecified atom stereocenters. The Morgan fingerprint density at radius 2 is 1.79 bits per heavy atom. The van der Waals surface area contributed by atoms with Gasteiger partial charge in [-0.3, -0.25) is 14.5 Å². The van der Waals surface area contributed by atoms with Gasteiger partial charge in [0.05, 0.1) is 10.6 Å². The van der Waals surface area contributed by atoms with Gasteiger partial charge in [-0.25, -0.2) is 8.42 Å². The highest BCUT2D eigenvalue weighted by atomic mass is 32.2. The minimum Gasteiger partial charge on any atom is -0.348 e. The standard InChI is InChI=1S/C22H23N3O3S/c1-15-6-9-20(17(3)11-15)25-29(27,28)21-12-19(8-7-16(21)2)22(26)24-14-18-5-4-10-23-13-18/h4-13,25H,14H2,1-3H3,(H,24,26). The lowest BCUT2D eigenvalue weighted by atomic mass is 10.1. The molecule has 0 aliphatic heterocycles. The van der Waals surface area contributed by atoms with Crippen LogP contribution in [0.3, 0.4) is 0 Å². The Labute approximate surface area is 171 Å². The molecule has 3 aromatic rings. The van der Waals surface area contributed by atoms with E-state index in [4.69, 9.17) is 0 Å². The van der Waals surface area contributed by atoms with Gasteiger partial charge in [0.25, 0.3) is 15.9 Å². The first-order valence-corrected chi connectivity index (χ1v) is 10.6. The molecule has 29 heavy (non-hydrogen) atoms. The van der Waals surface area contributed by atoms with E-state index in [0.29, 0.717) is 17.8 Å². The van der Waals surface area contributed by atoms with Crippen LogP contribution in [-0.4, -0.2) is 19.3 Å². The van der Waals surface area contributed by atoms with Crippen LogP contribution in [0.2, 0.25) is 0 Å². The summed E-state index contributed by atoms with van der Waals surface area (Å²) in [6.45, 7) is 5.81. The molecule has 2 aromatic carbocycles. The summed E-state index contributed by atoms with van der Waals surface area (Å²) >= 11 is 0. The number of hydrogen-bond acceptors (Lipinski definition) is 4. The van der Waals surface area contributed by atoms with Gasteiger partial charge in [-0.15, -0.1) is 0 Å². The molecule has 0 fully saturated rings. The minimum absolute atomic E-state index is 0.0755. The average molecular weight is 410 g/mol. The predicted molar refractivity (Wildman–Crippen MR) is 113 cm³/mol. The predicted octanol–water partition coefficient (Wildman–Crippen LogP) is 3.74. The normalized spacial score (nSPS) is 11.1. The van der Waals surface area contributed by atoms with Crippen LogP contribution < -0.4 is 10.0 Å². The number of aryl methyl sites for hydroxylation is 3. The van der Waals surface area contributed by atoms with Crippen LogP contribution in [0.4, 0.5) is 5.69 Å². The number of rotatable bonds is 6. The number of nitrogens with one attached hydrogen (secondary N) is 2. The number of carbonyl (C=O) groups excluding carboxylic acids is 1. The molecule has 150 valence electrons. The van der Waals surface area contributed by atoms with E-state index < -0.39 is 10.0 Å². The molecule has 0 saturated carbocycles. The average Bonchev–Trinajstić information content (AvgIpc) is 2.69. The van der Waals surface area contributed by atoms with Crippen molar-refractivity contribution in [2.75, 3.05) is 4.72 Å². The van der Waals surface area contributed by atoms with E-state index in [0.717, 1.165) is 16.7 Å². The van der Waals surface area contributed by atoms with Gasteiger partial charge in [0.15, 0.2) is 0 Å². The number of benzene rings is 2. The summed E-state index contributed by atoms with van der Waals surface area (Å²) in [7, 11) is -3.84. The van der Waals surface area contributed by atoms with Gasteiger partial charge in [0.1, 0.15) is 0 Å². The van der Waals surface area contributed by atoms with Crippen LogP contribution in [0.25, 0.3) is 0 Å². The highest BCUT2D eigenvalue weighted by molar-refractivity contribution is 7.92. The van der Waals surface area contributed by atoms with Gasteiger partial charge < -0.3 is 5.32 Å². The first kappa shape index (κ1) is 20.5. The Morgan fingerprint density at radius 1 is 1.00 bits per heavy atom. The number of pyridine rings is 1. The second-order valence-electron chi connectivity index (χ2n) is 6.95.